The molecule has 120 valence electrons. The fraction of sp³-hybridized carbons (Fsp3) is 0.769. The van der Waals surface area contributed by atoms with Crippen molar-refractivity contribution in [2.45, 2.75) is 37.6 Å². The van der Waals surface area contributed by atoms with Crippen LogP contribution in [-0.2, 0) is 14.8 Å². The number of methoxy groups -OCH3 is 1. The number of sulfonamides is 1. The van der Waals surface area contributed by atoms with Gasteiger partial charge in [-0.2, -0.15) is 4.31 Å². The van der Waals surface area contributed by atoms with E-state index < -0.39 is 10.0 Å². The summed E-state index contributed by atoms with van der Waals surface area (Å²) >= 11 is 0. The van der Waals surface area contributed by atoms with Gasteiger partial charge in [-0.15, -0.1) is 0 Å². The molecular formula is C13H23N3O4S. The summed E-state index contributed by atoms with van der Waals surface area (Å²) in [6.07, 6.45) is 2.06. The maximum atomic E-state index is 12.9. The van der Waals surface area contributed by atoms with Gasteiger partial charge in [-0.3, -0.25) is 0 Å². The number of ether oxygens (including phenoxy) is 1. The molecule has 1 unspecified atom stereocenters. The van der Waals surface area contributed by atoms with Crippen LogP contribution in [0.3, 0.4) is 0 Å². The largest absolute Gasteiger partial charge is 0.383 e. The van der Waals surface area contributed by atoms with E-state index in [4.69, 9.17) is 9.26 Å². The Labute approximate surface area is 125 Å². The van der Waals surface area contributed by atoms with Crippen LogP contribution >= 0.6 is 0 Å². The van der Waals surface area contributed by atoms with Crippen molar-refractivity contribution in [3.05, 3.63) is 11.5 Å². The minimum atomic E-state index is -3.62. The van der Waals surface area contributed by atoms with Crippen molar-refractivity contribution in [1.29, 1.82) is 0 Å². The SMILES string of the molecule is COCCN(CC1CCCN1)S(=O)(=O)c1c(C)noc1C. The molecule has 1 N–H and O–H groups in total. The molecule has 0 saturated carbocycles. The molecule has 1 aliphatic heterocycles. The second-order valence-electron chi connectivity index (χ2n) is 5.30. The van der Waals surface area contributed by atoms with Gasteiger partial charge in [-0.25, -0.2) is 8.42 Å². The van der Waals surface area contributed by atoms with E-state index in [0.29, 0.717) is 31.2 Å². The fourth-order valence-electron chi connectivity index (χ4n) is 2.63. The Morgan fingerprint density at radius 2 is 2.24 bits per heavy atom. The number of aryl methyl sites for hydroxylation is 2. The molecule has 0 bridgehead atoms. The Hall–Kier alpha value is -0.960. The van der Waals surface area contributed by atoms with Crippen LogP contribution < -0.4 is 5.32 Å². The smallest absolute Gasteiger partial charge is 0.248 e. The van der Waals surface area contributed by atoms with Gasteiger partial charge in [0, 0.05) is 26.2 Å². The van der Waals surface area contributed by atoms with Crippen LogP contribution in [0.5, 0.6) is 0 Å². The summed E-state index contributed by atoms with van der Waals surface area (Å²) in [5, 5.41) is 7.07. The van der Waals surface area contributed by atoms with Crippen molar-refractivity contribution < 1.29 is 17.7 Å². The topological polar surface area (TPSA) is 84.7 Å². The van der Waals surface area contributed by atoms with E-state index >= 15 is 0 Å². The number of hydrogen-bond donors (Lipinski definition) is 1. The van der Waals surface area contributed by atoms with E-state index in [2.05, 4.69) is 10.5 Å². The lowest BCUT2D eigenvalue weighted by Crippen LogP contribution is -2.42. The highest BCUT2D eigenvalue weighted by Gasteiger charge is 2.32. The maximum Gasteiger partial charge on any atom is 0.248 e. The summed E-state index contributed by atoms with van der Waals surface area (Å²) in [7, 11) is -2.06. The average molecular weight is 317 g/mol. The summed E-state index contributed by atoms with van der Waals surface area (Å²) in [6, 6.07) is 0.192. The Kier molecular flexibility index (Phi) is 5.37. The lowest BCUT2D eigenvalue weighted by Gasteiger charge is -2.24. The van der Waals surface area contributed by atoms with E-state index in [-0.39, 0.29) is 10.9 Å². The van der Waals surface area contributed by atoms with Crippen LogP contribution in [0.2, 0.25) is 0 Å². The molecule has 2 rings (SSSR count). The third kappa shape index (κ3) is 3.63. The van der Waals surface area contributed by atoms with Gasteiger partial charge in [-0.1, -0.05) is 5.16 Å². The van der Waals surface area contributed by atoms with Gasteiger partial charge in [0.2, 0.25) is 10.0 Å². The Morgan fingerprint density at radius 1 is 1.48 bits per heavy atom. The molecule has 0 spiro atoms. The normalized spacial score (nSPS) is 19.5. The van der Waals surface area contributed by atoms with Crippen molar-refractivity contribution in [2.75, 3.05) is 33.4 Å². The molecule has 1 aromatic heterocycles. The first-order valence-corrected chi connectivity index (χ1v) is 8.56. The highest BCUT2D eigenvalue weighted by molar-refractivity contribution is 7.89. The van der Waals surface area contributed by atoms with Gasteiger partial charge in [0.25, 0.3) is 0 Å². The maximum absolute atomic E-state index is 12.9. The third-order valence-electron chi connectivity index (χ3n) is 3.70. The predicted molar refractivity (Wildman–Crippen MR) is 77.6 cm³/mol. The van der Waals surface area contributed by atoms with Crippen LogP contribution in [0.4, 0.5) is 0 Å². The Bertz CT molecular complexity index is 544. The zero-order chi connectivity index (χ0) is 15.5. The van der Waals surface area contributed by atoms with Gasteiger partial charge in [-0.05, 0) is 33.2 Å². The van der Waals surface area contributed by atoms with E-state index in [1.807, 2.05) is 0 Å². The minimum absolute atomic E-state index is 0.177. The van der Waals surface area contributed by atoms with E-state index in [9.17, 15) is 8.42 Å². The molecular weight excluding hydrogens is 294 g/mol. The molecule has 0 radical (unpaired) electrons. The predicted octanol–water partition coefficient (Wildman–Crippen LogP) is 0.681. The summed E-state index contributed by atoms with van der Waals surface area (Å²) in [4.78, 5) is 0.177. The Morgan fingerprint density at radius 3 is 2.76 bits per heavy atom. The lowest BCUT2D eigenvalue weighted by molar-refractivity contribution is 0.176. The monoisotopic (exact) mass is 317 g/mol. The van der Waals surface area contributed by atoms with E-state index in [0.717, 1.165) is 19.4 Å². The molecule has 0 aromatic carbocycles. The van der Waals surface area contributed by atoms with Gasteiger partial charge in [0.05, 0.1) is 6.61 Å². The van der Waals surface area contributed by atoms with Crippen LogP contribution in [0.1, 0.15) is 24.3 Å². The quantitative estimate of drug-likeness (QED) is 0.796. The highest BCUT2D eigenvalue weighted by Crippen LogP contribution is 2.24. The first-order valence-electron chi connectivity index (χ1n) is 7.12. The standard InChI is InChI=1S/C13H23N3O4S/c1-10-13(11(2)20-15-10)21(17,18)16(7-8-19-3)9-12-5-4-6-14-12/h12,14H,4-9H2,1-3H3. The number of aromatic nitrogens is 1. The van der Waals surface area contributed by atoms with Crippen molar-refractivity contribution in [3.63, 3.8) is 0 Å². The number of nitrogens with zero attached hydrogens (tertiary/aromatic N) is 2. The zero-order valence-corrected chi connectivity index (χ0v) is 13.6. The number of hydrogen-bond acceptors (Lipinski definition) is 6. The van der Waals surface area contributed by atoms with Crippen LogP contribution in [0, 0.1) is 13.8 Å². The number of nitrogens with one attached hydrogen (secondary N) is 1. The number of rotatable bonds is 7. The Balaban J connectivity index is 2.25. The summed E-state index contributed by atoms with van der Waals surface area (Å²) < 4.78 is 37.3. The summed E-state index contributed by atoms with van der Waals surface area (Å²) in [5.74, 6) is 0.328. The molecule has 1 aromatic rings. The van der Waals surface area contributed by atoms with Crippen molar-refractivity contribution in [1.82, 2.24) is 14.8 Å². The van der Waals surface area contributed by atoms with Gasteiger partial charge in [0.1, 0.15) is 10.6 Å². The minimum Gasteiger partial charge on any atom is -0.383 e. The molecule has 1 atom stereocenters. The van der Waals surface area contributed by atoms with Crippen LogP contribution in [-0.4, -0.2) is 57.3 Å². The fourth-order valence-corrected chi connectivity index (χ4v) is 4.39. The molecule has 8 heteroatoms. The molecule has 1 aliphatic rings. The third-order valence-corrected chi connectivity index (χ3v) is 5.81. The van der Waals surface area contributed by atoms with Crippen LogP contribution in [0.25, 0.3) is 0 Å². The van der Waals surface area contributed by atoms with E-state index in [1.54, 1.807) is 21.0 Å². The highest BCUT2D eigenvalue weighted by atomic mass is 32.2. The zero-order valence-electron chi connectivity index (χ0n) is 12.8. The second kappa shape index (κ2) is 6.87. The van der Waals surface area contributed by atoms with Crippen molar-refractivity contribution in [3.8, 4) is 0 Å². The van der Waals surface area contributed by atoms with Crippen LogP contribution in [0.15, 0.2) is 9.42 Å². The van der Waals surface area contributed by atoms with E-state index in [1.165, 1.54) is 4.31 Å². The summed E-state index contributed by atoms with van der Waals surface area (Å²) in [5.41, 5.74) is 0.397. The average Bonchev–Trinajstić information content (AvgIpc) is 3.04. The lowest BCUT2D eigenvalue weighted by atomic mass is 10.2. The molecule has 1 fully saturated rings. The molecule has 7 nitrogen and oxygen atoms in total. The van der Waals surface area contributed by atoms with Gasteiger partial charge < -0.3 is 14.6 Å². The second-order valence-corrected chi connectivity index (χ2v) is 7.18. The van der Waals surface area contributed by atoms with Crippen molar-refractivity contribution in [2.24, 2.45) is 0 Å². The first kappa shape index (κ1) is 16.4. The first-order chi connectivity index (χ1) is 9.96. The molecule has 0 amide bonds. The molecule has 2 heterocycles. The molecule has 1 saturated heterocycles. The summed E-state index contributed by atoms with van der Waals surface area (Å²) in [6.45, 7) is 5.32. The van der Waals surface area contributed by atoms with Gasteiger partial charge >= 0.3 is 0 Å². The van der Waals surface area contributed by atoms with Crippen molar-refractivity contribution >= 4 is 10.0 Å². The van der Waals surface area contributed by atoms with Gasteiger partial charge in [0.15, 0.2) is 5.76 Å². The molecule has 21 heavy (non-hydrogen) atoms. The molecule has 0 aliphatic carbocycles.